The fourth-order valence-corrected chi connectivity index (χ4v) is 4.20. The van der Waals surface area contributed by atoms with Crippen LogP contribution in [0.5, 0.6) is 0 Å². The van der Waals surface area contributed by atoms with Gasteiger partial charge in [0.25, 0.3) is 0 Å². The lowest BCUT2D eigenvalue weighted by molar-refractivity contribution is -0.133. The van der Waals surface area contributed by atoms with Crippen molar-refractivity contribution in [1.82, 2.24) is 20.9 Å². The molecule has 1 aromatic carbocycles. The van der Waals surface area contributed by atoms with Crippen molar-refractivity contribution in [3.63, 3.8) is 0 Å². The molecule has 1 fully saturated rings. The first-order chi connectivity index (χ1) is 17.7. The highest BCUT2D eigenvalue weighted by Crippen LogP contribution is 2.19. The summed E-state index contributed by atoms with van der Waals surface area (Å²) in [6.45, 7) is 4.78. The molecule has 3 atom stereocenters. The highest BCUT2D eigenvalue weighted by molar-refractivity contribution is 5.92. The summed E-state index contributed by atoms with van der Waals surface area (Å²) >= 11 is 0. The van der Waals surface area contributed by atoms with Gasteiger partial charge in [-0.1, -0.05) is 44.2 Å². The minimum Gasteiger partial charge on any atom is -0.445 e. The number of rotatable bonds is 13. The predicted octanol–water partition coefficient (Wildman–Crippen LogP) is 2.08. The fraction of sp³-hybridized carbons (Fsp3) is 0.577. The van der Waals surface area contributed by atoms with Crippen LogP contribution in [0.4, 0.5) is 4.79 Å². The molecule has 1 heterocycles. The van der Waals surface area contributed by atoms with E-state index in [0.29, 0.717) is 45.1 Å². The van der Waals surface area contributed by atoms with Crippen LogP contribution in [-0.4, -0.2) is 66.3 Å². The molecule has 212 valence electrons. The zero-order valence-corrected chi connectivity index (χ0v) is 22.9. The van der Waals surface area contributed by atoms with Gasteiger partial charge in [-0.05, 0) is 50.0 Å². The lowest BCUT2D eigenvalue weighted by Gasteiger charge is -2.35. The topological polar surface area (TPSA) is 167 Å². The second kappa shape index (κ2) is 17.2. The van der Waals surface area contributed by atoms with Crippen molar-refractivity contribution >= 4 is 42.6 Å². The Kier molecular flexibility index (Phi) is 14.8. The van der Waals surface area contributed by atoms with Gasteiger partial charge in [-0.2, -0.15) is 0 Å². The standard InChI is InChI=1S/C26H40N6O5.ClH/c1-18(2)15-21(23(34)30-20(16-33)11-8-13-29-25(27)28)31-24(35)22-12-6-7-14-32(22)26(36)37-17-19-9-4-3-5-10-19;/h3-5,9-10,16,18,20-22H,6-8,11-15,17H2,1-2H3,(H,30,34)(H,31,35)(H4,27,28,29);1H/t20-,21-,22?;/m0./s1. The Hall–Kier alpha value is -3.34. The average molecular weight is 553 g/mol. The molecule has 6 N–H and O–H groups in total. The Bertz CT molecular complexity index is 917. The zero-order chi connectivity index (χ0) is 27.2. The highest BCUT2D eigenvalue weighted by Gasteiger charge is 2.35. The van der Waals surface area contributed by atoms with Crippen molar-refractivity contribution in [3.05, 3.63) is 35.9 Å². The Labute approximate surface area is 230 Å². The molecule has 1 aromatic rings. The van der Waals surface area contributed by atoms with E-state index in [4.69, 9.17) is 15.9 Å². The van der Waals surface area contributed by atoms with E-state index in [9.17, 15) is 19.2 Å². The number of amides is 3. The molecule has 2 rings (SSSR count). The van der Waals surface area contributed by atoms with Crippen LogP contribution in [0.25, 0.3) is 0 Å². The summed E-state index contributed by atoms with van der Waals surface area (Å²) in [5.74, 6) is -0.922. The smallest absolute Gasteiger partial charge is 0.410 e. The third kappa shape index (κ3) is 11.4. The number of carbonyl (C=O) groups excluding carboxylic acids is 4. The van der Waals surface area contributed by atoms with Crippen LogP contribution in [0.1, 0.15) is 57.9 Å². The molecule has 38 heavy (non-hydrogen) atoms. The second-order valence-electron chi connectivity index (χ2n) is 9.67. The number of likely N-dealkylation sites (tertiary alicyclic amines) is 1. The summed E-state index contributed by atoms with van der Waals surface area (Å²) in [5.41, 5.74) is 6.10. The molecule has 1 aliphatic heterocycles. The maximum atomic E-state index is 13.3. The number of nitrogens with zero attached hydrogens (tertiary/aromatic N) is 1. The van der Waals surface area contributed by atoms with E-state index in [1.807, 2.05) is 44.2 Å². The van der Waals surface area contributed by atoms with Crippen LogP contribution in [0.2, 0.25) is 0 Å². The zero-order valence-electron chi connectivity index (χ0n) is 22.1. The molecule has 1 unspecified atom stereocenters. The summed E-state index contributed by atoms with van der Waals surface area (Å²) in [6, 6.07) is 6.99. The number of guanidine groups is 1. The Morgan fingerprint density at radius 3 is 2.53 bits per heavy atom. The molecule has 1 aliphatic rings. The lowest BCUT2D eigenvalue weighted by Crippen LogP contribution is -2.57. The SMILES string of the molecule is CC(C)C[C@H](NC(=O)C1CCCCN1C(=O)OCc1ccccc1)C(=O)N[C@H](C=O)CCCNC(=N)N.Cl. The molecule has 11 nitrogen and oxygen atoms in total. The molecule has 0 bridgehead atoms. The normalized spacial score (nSPS) is 16.4. The molecular formula is C26H41ClN6O5. The minimum absolute atomic E-state index is 0. The Balaban J connectivity index is 0.00000722. The number of ether oxygens (including phenoxy) is 1. The number of nitrogens with one attached hydrogen (secondary N) is 4. The third-order valence-corrected chi connectivity index (χ3v) is 6.08. The largest absolute Gasteiger partial charge is 0.445 e. The van der Waals surface area contributed by atoms with Crippen LogP contribution < -0.4 is 21.7 Å². The van der Waals surface area contributed by atoms with Crippen molar-refractivity contribution in [3.8, 4) is 0 Å². The first-order valence-corrected chi connectivity index (χ1v) is 12.8. The van der Waals surface area contributed by atoms with E-state index < -0.39 is 36.0 Å². The molecular weight excluding hydrogens is 512 g/mol. The van der Waals surface area contributed by atoms with Crippen LogP contribution in [0.15, 0.2) is 30.3 Å². The molecule has 0 saturated carbocycles. The number of halogens is 1. The van der Waals surface area contributed by atoms with E-state index in [1.165, 1.54) is 4.90 Å². The van der Waals surface area contributed by atoms with Gasteiger partial charge in [0.15, 0.2) is 5.96 Å². The van der Waals surface area contributed by atoms with Gasteiger partial charge in [-0.15, -0.1) is 12.4 Å². The average Bonchev–Trinajstić information content (AvgIpc) is 2.88. The van der Waals surface area contributed by atoms with Crippen molar-refractivity contribution in [2.75, 3.05) is 13.1 Å². The number of nitrogens with two attached hydrogens (primary N) is 1. The molecule has 0 aromatic heterocycles. The van der Waals surface area contributed by atoms with Crippen molar-refractivity contribution < 1.29 is 23.9 Å². The van der Waals surface area contributed by atoms with Gasteiger partial charge in [0.05, 0.1) is 6.04 Å². The van der Waals surface area contributed by atoms with E-state index in [-0.39, 0.29) is 30.9 Å². The molecule has 1 saturated heterocycles. The number of carbonyl (C=O) groups is 4. The molecule has 12 heteroatoms. The summed E-state index contributed by atoms with van der Waals surface area (Å²) in [4.78, 5) is 52.1. The van der Waals surface area contributed by atoms with Gasteiger partial charge < -0.3 is 31.2 Å². The number of benzene rings is 1. The van der Waals surface area contributed by atoms with Crippen LogP contribution in [0.3, 0.4) is 0 Å². The number of piperidine rings is 1. The lowest BCUT2D eigenvalue weighted by atomic mass is 9.99. The number of hydrogen-bond acceptors (Lipinski definition) is 6. The Morgan fingerprint density at radius 2 is 1.89 bits per heavy atom. The van der Waals surface area contributed by atoms with Gasteiger partial charge in [-0.25, -0.2) is 4.79 Å². The molecule has 0 radical (unpaired) electrons. The van der Waals surface area contributed by atoms with E-state index in [1.54, 1.807) is 0 Å². The van der Waals surface area contributed by atoms with E-state index >= 15 is 0 Å². The maximum absolute atomic E-state index is 13.3. The molecule has 0 aliphatic carbocycles. The van der Waals surface area contributed by atoms with Gasteiger partial charge >= 0.3 is 6.09 Å². The third-order valence-electron chi connectivity index (χ3n) is 6.08. The second-order valence-corrected chi connectivity index (χ2v) is 9.67. The van der Waals surface area contributed by atoms with Gasteiger partial charge in [-0.3, -0.25) is 19.9 Å². The van der Waals surface area contributed by atoms with Crippen molar-refractivity contribution in [2.45, 2.75) is 77.1 Å². The first kappa shape index (κ1) is 32.7. The van der Waals surface area contributed by atoms with Crippen LogP contribution in [0, 0.1) is 11.3 Å². The molecule has 3 amide bonds. The van der Waals surface area contributed by atoms with Gasteiger partial charge in [0, 0.05) is 13.1 Å². The molecule has 0 spiro atoms. The van der Waals surface area contributed by atoms with Gasteiger partial charge in [0.2, 0.25) is 11.8 Å². The van der Waals surface area contributed by atoms with Gasteiger partial charge in [0.1, 0.15) is 25.0 Å². The van der Waals surface area contributed by atoms with Crippen LogP contribution >= 0.6 is 12.4 Å². The predicted molar refractivity (Wildman–Crippen MR) is 147 cm³/mol. The van der Waals surface area contributed by atoms with Crippen LogP contribution in [-0.2, 0) is 25.7 Å². The quantitative estimate of drug-likeness (QED) is 0.108. The monoisotopic (exact) mass is 552 g/mol. The summed E-state index contributed by atoms with van der Waals surface area (Å²) in [7, 11) is 0. The highest BCUT2D eigenvalue weighted by atomic mass is 35.5. The Morgan fingerprint density at radius 1 is 1.18 bits per heavy atom. The number of aldehydes is 1. The summed E-state index contributed by atoms with van der Waals surface area (Å²) in [6.07, 6.45) is 3.37. The van der Waals surface area contributed by atoms with E-state index in [0.717, 1.165) is 18.4 Å². The maximum Gasteiger partial charge on any atom is 0.410 e. The fourth-order valence-electron chi connectivity index (χ4n) is 4.20. The number of hydrogen-bond donors (Lipinski definition) is 5. The summed E-state index contributed by atoms with van der Waals surface area (Å²) < 4.78 is 5.46. The van der Waals surface area contributed by atoms with Crippen molar-refractivity contribution in [2.24, 2.45) is 11.7 Å². The minimum atomic E-state index is -0.852. The first-order valence-electron chi connectivity index (χ1n) is 12.8. The summed E-state index contributed by atoms with van der Waals surface area (Å²) in [5, 5.41) is 15.3. The van der Waals surface area contributed by atoms with Crippen molar-refractivity contribution in [1.29, 1.82) is 5.41 Å². The van der Waals surface area contributed by atoms with E-state index in [2.05, 4.69) is 16.0 Å².